The van der Waals surface area contributed by atoms with Gasteiger partial charge in [0.25, 0.3) is 10.8 Å². The van der Waals surface area contributed by atoms with Gasteiger partial charge in [-0.25, -0.2) is 10.0 Å². The quantitative estimate of drug-likeness (QED) is 0.236. The number of hydrogen-bond donors (Lipinski definition) is 4. The predicted molar refractivity (Wildman–Crippen MR) is 119 cm³/mol. The smallest absolute Gasteiger partial charge is 0.320 e. The van der Waals surface area contributed by atoms with Crippen molar-refractivity contribution in [1.82, 2.24) is 10.6 Å². The molecule has 1 atom stereocenters. The summed E-state index contributed by atoms with van der Waals surface area (Å²) in [6.45, 7) is 0. The summed E-state index contributed by atoms with van der Waals surface area (Å²) in [4.78, 5) is 35.6. The fourth-order valence-corrected chi connectivity index (χ4v) is 3.07. The SMILES string of the molecule is O=C(Nc1ccc2ccccc2c1)NC(NC(=O)c1cccc([N+](=O)O)c1)C(Cl)(Cl)Cl. The summed E-state index contributed by atoms with van der Waals surface area (Å²) < 4.78 is -2.09. The van der Waals surface area contributed by atoms with E-state index in [1.165, 1.54) is 18.2 Å². The number of rotatable bonds is 5. The molecule has 0 aromatic heterocycles. The molecule has 0 saturated heterocycles. The highest BCUT2D eigenvalue weighted by Gasteiger charge is 2.35. The van der Waals surface area contributed by atoms with Crippen LogP contribution in [0.1, 0.15) is 10.4 Å². The molecule has 3 amide bonds. The zero-order valence-corrected chi connectivity index (χ0v) is 17.9. The molecule has 11 heteroatoms. The van der Waals surface area contributed by atoms with Crippen LogP contribution >= 0.6 is 34.8 Å². The van der Waals surface area contributed by atoms with Crippen LogP contribution in [-0.2, 0) is 0 Å². The number of nitrogens with zero attached hydrogens (tertiary/aromatic N) is 1. The van der Waals surface area contributed by atoms with E-state index in [4.69, 9.17) is 40.0 Å². The summed E-state index contributed by atoms with van der Waals surface area (Å²) in [7, 11) is 0. The first-order valence-corrected chi connectivity index (χ1v) is 9.97. The van der Waals surface area contributed by atoms with Crippen molar-refractivity contribution in [3.05, 3.63) is 77.2 Å². The molecule has 0 aliphatic heterocycles. The highest BCUT2D eigenvalue weighted by molar-refractivity contribution is 6.68. The van der Waals surface area contributed by atoms with Gasteiger partial charge in [-0.3, -0.25) is 4.79 Å². The number of carbonyl (C=O) groups excluding carboxylic acids is 2. The number of hydrogen-bond acceptors (Lipinski definition) is 3. The van der Waals surface area contributed by atoms with Crippen molar-refractivity contribution < 1.29 is 19.7 Å². The van der Waals surface area contributed by atoms with Gasteiger partial charge in [-0.15, -0.1) is 0 Å². The van der Waals surface area contributed by atoms with Crippen LogP contribution in [0, 0.1) is 4.91 Å². The Morgan fingerprint density at radius 2 is 1.61 bits per heavy atom. The van der Waals surface area contributed by atoms with E-state index in [2.05, 4.69) is 16.0 Å². The van der Waals surface area contributed by atoms with Crippen LogP contribution in [0.25, 0.3) is 10.8 Å². The summed E-state index contributed by atoms with van der Waals surface area (Å²) in [5.41, 5.74) is 0.334. The maximum Gasteiger partial charge on any atom is 0.320 e. The van der Waals surface area contributed by atoms with Crippen molar-refractivity contribution in [3.63, 3.8) is 0 Å². The number of halogens is 3. The molecule has 0 fully saturated rings. The number of carbonyl (C=O) groups is 2. The normalized spacial score (nSPS) is 12.1. The predicted octanol–water partition coefficient (Wildman–Crippen LogP) is 4.89. The first-order chi connectivity index (χ1) is 14.6. The van der Waals surface area contributed by atoms with E-state index in [-0.39, 0.29) is 11.3 Å². The number of amides is 3. The fraction of sp³-hybridized carbons (Fsp3) is 0.100. The van der Waals surface area contributed by atoms with E-state index in [0.29, 0.717) is 5.69 Å². The molecule has 8 nitrogen and oxygen atoms in total. The van der Waals surface area contributed by atoms with Gasteiger partial charge in [0, 0.05) is 23.4 Å². The van der Waals surface area contributed by atoms with E-state index < -0.39 is 26.8 Å². The second-order valence-corrected chi connectivity index (χ2v) is 8.80. The highest BCUT2D eigenvalue weighted by atomic mass is 35.6. The molecule has 0 radical (unpaired) electrons. The lowest BCUT2D eigenvalue weighted by Gasteiger charge is -2.26. The van der Waals surface area contributed by atoms with Crippen LogP contribution in [0.2, 0.25) is 0 Å². The maximum absolute atomic E-state index is 12.5. The maximum atomic E-state index is 12.5. The van der Waals surface area contributed by atoms with Gasteiger partial charge in [0.05, 0.1) is 4.91 Å². The number of alkyl halides is 3. The Morgan fingerprint density at radius 1 is 0.903 bits per heavy atom. The third-order valence-corrected chi connectivity index (χ3v) is 4.87. The van der Waals surface area contributed by atoms with E-state index >= 15 is 0 Å². The molecule has 160 valence electrons. The van der Waals surface area contributed by atoms with E-state index in [1.54, 1.807) is 12.1 Å². The summed E-state index contributed by atoms with van der Waals surface area (Å²) >= 11 is 17.7. The minimum absolute atomic E-state index is 0.00314. The lowest BCUT2D eigenvalue weighted by molar-refractivity contribution is -0.729. The van der Waals surface area contributed by atoms with Crippen LogP contribution < -0.4 is 16.0 Å². The number of fused-ring (bicyclic) bond motifs is 1. The third-order valence-electron chi connectivity index (χ3n) is 4.21. The van der Waals surface area contributed by atoms with Gasteiger partial charge in [-0.2, -0.15) is 0 Å². The molecule has 4 N–H and O–H groups in total. The van der Waals surface area contributed by atoms with Gasteiger partial charge in [0.15, 0.2) is 6.17 Å². The summed E-state index contributed by atoms with van der Waals surface area (Å²) in [5, 5.41) is 18.3. The van der Waals surface area contributed by atoms with Gasteiger partial charge in [0.2, 0.25) is 3.79 Å². The van der Waals surface area contributed by atoms with Crippen LogP contribution in [-0.4, -0.2) is 32.0 Å². The first-order valence-electron chi connectivity index (χ1n) is 8.83. The van der Waals surface area contributed by atoms with Crippen molar-refractivity contribution in [2.75, 3.05) is 5.32 Å². The topological polar surface area (TPSA) is 111 Å². The van der Waals surface area contributed by atoms with Crippen molar-refractivity contribution in [2.45, 2.75) is 9.96 Å². The van der Waals surface area contributed by atoms with Crippen molar-refractivity contribution >= 4 is 68.9 Å². The van der Waals surface area contributed by atoms with Crippen LogP contribution in [0.15, 0.2) is 66.7 Å². The number of urea groups is 1. The molecule has 0 bridgehead atoms. The van der Waals surface area contributed by atoms with Gasteiger partial charge in [-0.1, -0.05) is 71.2 Å². The van der Waals surface area contributed by atoms with Gasteiger partial charge in [-0.05, 0) is 29.0 Å². The van der Waals surface area contributed by atoms with E-state index in [1.807, 2.05) is 30.3 Å². The molecule has 3 aromatic carbocycles. The third kappa shape index (κ3) is 5.97. The minimum atomic E-state index is -2.09. The van der Waals surface area contributed by atoms with Crippen LogP contribution in [0.4, 0.5) is 16.2 Å². The Balaban J connectivity index is 1.71. The molecule has 0 heterocycles. The molecule has 3 rings (SSSR count). The lowest BCUT2D eigenvalue weighted by atomic mass is 10.1. The highest BCUT2D eigenvalue weighted by Crippen LogP contribution is 2.29. The zero-order chi connectivity index (χ0) is 22.6. The number of anilines is 1. The van der Waals surface area contributed by atoms with Crippen molar-refractivity contribution in [1.29, 1.82) is 0 Å². The van der Waals surface area contributed by atoms with Crippen LogP contribution in [0.3, 0.4) is 0 Å². The Morgan fingerprint density at radius 3 is 2.29 bits per heavy atom. The summed E-state index contributed by atoms with van der Waals surface area (Å²) in [6.07, 6.45) is -1.41. The van der Waals surface area contributed by atoms with Crippen molar-refractivity contribution in [3.8, 4) is 0 Å². The van der Waals surface area contributed by atoms with Crippen LogP contribution in [0.5, 0.6) is 0 Å². The number of benzene rings is 3. The molecule has 3 aromatic rings. The standard InChI is InChI=1S/C20H15Cl3N4O4/c21-20(22,23)18(25-17(28)14-6-3-7-16(11-14)27(30)31)26-19(29)24-15-9-8-12-4-1-2-5-13(12)10-15/h1-11,18H,(H3-,24,25,26,28,29,30,31)/p+1. The molecule has 0 saturated carbocycles. The molecule has 0 aliphatic carbocycles. The molecule has 0 spiro atoms. The average Bonchev–Trinajstić information content (AvgIpc) is 2.72. The van der Waals surface area contributed by atoms with E-state index in [0.717, 1.165) is 16.8 Å². The molecular weight excluding hydrogens is 467 g/mol. The Bertz CT molecular complexity index is 1150. The Hall–Kier alpha value is -3.07. The molecule has 31 heavy (non-hydrogen) atoms. The second-order valence-electron chi connectivity index (χ2n) is 6.43. The molecule has 0 aliphatic rings. The van der Waals surface area contributed by atoms with Gasteiger partial charge in [0.1, 0.15) is 0 Å². The fourth-order valence-electron chi connectivity index (χ4n) is 2.75. The zero-order valence-electron chi connectivity index (χ0n) is 15.7. The lowest BCUT2D eigenvalue weighted by Crippen LogP contribution is -2.56. The van der Waals surface area contributed by atoms with Gasteiger partial charge < -0.3 is 16.0 Å². The molecule has 1 unspecified atom stereocenters. The van der Waals surface area contributed by atoms with Crippen molar-refractivity contribution in [2.24, 2.45) is 0 Å². The Kier molecular flexibility index (Phi) is 6.84. The molecular formula is C20H16Cl3N4O4+. The largest absolute Gasteiger partial charge is 0.328 e. The summed E-state index contributed by atoms with van der Waals surface area (Å²) in [6, 6.07) is 17.4. The minimum Gasteiger partial charge on any atom is -0.328 e. The van der Waals surface area contributed by atoms with Gasteiger partial charge >= 0.3 is 11.7 Å². The second kappa shape index (κ2) is 9.38. The van der Waals surface area contributed by atoms with E-state index in [9.17, 15) is 14.5 Å². The monoisotopic (exact) mass is 481 g/mol. The Labute approximate surface area is 191 Å². The average molecular weight is 483 g/mol. The first kappa shape index (κ1) is 22.6. The summed E-state index contributed by atoms with van der Waals surface area (Å²) in [5.74, 6) is -0.744. The number of nitrogens with one attached hydrogen (secondary N) is 3.